The Kier molecular flexibility index (Phi) is 27.8. The van der Waals surface area contributed by atoms with E-state index in [0.717, 1.165) is 0 Å². The summed E-state index contributed by atoms with van der Waals surface area (Å²) in [5.41, 5.74) is 2.63. The van der Waals surface area contributed by atoms with E-state index in [1.807, 2.05) is 0 Å². The molecule has 1 aliphatic rings. The van der Waals surface area contributed by atoms with Crippen LogP contribution in [-0.4, -0.2) is 90.4 Å². The monoisotopic (exact) mass is 1620 g/mol. The molecule has 0 aromatic heterocycles. The van der Waals surface area contributed by atoms with E-state index in [1.165, 1.54) is 24.3 Å². The molecule has 0 saturated carbocycles. The highest BCUT2D eigenvalue weighted by atomic mass is 79.9. The van der Waals surface area contributed by atoms with Crippen LogP contribution in [0.4, 0.5) is 0 Å². The molecule has 0 amide bonds. The smallest absolute Gasteiger partial charge is 0.312 e. The largest absolute Gasteiger partial charge is 0.426 e. The van der Waals surface area contributed by atoms with Crippen molar-refractivity contribution in [2.45, 2.75) is 103 Å². The second-order valence-corrected chi connectivity index (χ2v) is 24.2. The number of ether oxygens (including phenoxy) is 8. The van der Waals surface area contributed by atoms with Crippen LogP contribution in [0.2, 0.25) is 0 Å². The van der Waals surface area contributed by atoms with Gasteiger partial charge in [0.15, 0.2) is 0 Å². The van der Waals surface area contributed by atoms with E-state index >= 15 is 0 Å². The lowest BCUT2D eigenvalue weighted by Crippen LogP contribution is -2.18. The molecule has 24 heteroatoms. The van der Waals surface area contributed by atoms with E-state index in [1.54, 1.807) is 52.0 Å². The van der Waals surface area contributed by atoms with Crippen molar-refractivity contribution in [3.05, 3.63) is 93.0 Å². The molecule has 5 rings (SSSR count). The first-order valence-electron chi connectivity index (χ1n) is 25.1. The van der Waals surface area contributed by atoms with Gasteiger partial charge in [-0.05, 0) is 24.3 Å². The van der Waals surface area contributed by atoms with Gasteiger partial charge in [0.25, 0.3) is 0 Å². The summed E-state index contributed by atoms with van der Waals surface area (Å²) < 4.78 is 49.0. The SMILES string of the molecule is CC1c2cc(c(OC(=O)CCBr)cc2OC(=O)CCBr)C(C)c2cc(c(OC(=O)CCBr)cc2OC(=O)CCBr)C(C)c2cc(c(OC(=O)CCBr)cc2OC(=O)CCBr)C(C)c2cc1c(OC(=O)CCBr)cc2OC(=O)CCBr. The summed E-state index contributed by atoms with van der Waals surface area (Å²) in [6.45, 7) is 7.10. The van der Waals surface area contributed by atoms with Crippen molar-refractivity contribution in [2.75, 3.05) is 42.6 Å². The third-order valence-corrected chi connectivity index (χ3v) is 15.7. The third kappa shape index (κ3) is 18.2. The Morgan fingerprint density at radius 2 is 0.362 bits per heavy atom. The molecular weight excluding hydrogens is 1570 g/mol. The first kappa shape index (κ1) is 67.3. The molecule has 0 aliphatic heterocycles. The highest BCUT2D eigenvalue weighted by Crippen LogP contribution is 2.51. The highest BCUT2D eigenvalue weighted by Gasteiger charge is 2.34. The molecule has 16 nitrogen and oxygen atoms in total. The topological polar surface area (TPSA) is 210 Å². The molecule has 0 radical (unpaired) electrons. The molecule has 80 heavy (non-hydrogen) atoms. The molecule has 4 aromatic carbocycles. The van der Waals surface area contributed by atoms with Crippen LogP contribution in [0.1, 0.15) is 147 Å². The standard InChI is InChI=1S/C56H56Br8O16/c1-29-33-21-35(43(75-51(67)7-15-59)25-41(33)73-49(65)5-13-57)30(2)37-23-39(47(79-55(71)11-19-63)27-45(37)77-53(69)9-17-61)32(4)40-24-38(46(78-54(70)10-18-62)28-48(40)80-56(72)12-20-64)31(3)36-22-34(29)42(74-50(66)6-14-58)26-44(36)76-52(68)8-16-60/h21-32H,5-20H2,1-4H3. The molecule has 0 N–H and O–H groups in total. The summed E-state index contributed by atoms with van der Waals surface area (Å²) in [4.78, 5) is 109. The number of carbonyl (C=O) groups excluding carboxylic acids is 8. The average Bonchev–Trinajstić information content (AvgIpc) is 3.38. The van der Waals surface area contributed by atoms with Gasteiger partial charge in [0, 0.05) is 135 Å². The van der Waals surface area contributed by atoms with Gasteiger partial charge in [0.2, 0.25) is 0 Å². The molecule has 0 fully saturated rings. The number of rotatable bonds is 24. The van der Waals surface area contributed by atoms with Crippen molar-refractivity contribution in [1.29, 1.82) is 0 Å². The number of carbonyl (C=O) groups is 8. The average molecular weight is 1620 g/mol. The van der Waals surface area contributed by atoms with E-state index < -0.39 is 71.4 Å². The molecule has 8 bridgehead atoms. The Labute approximate surface area is 530 Å². The van der Waals surface area contributed by atoms with Gasteiger partial charge < -0.3 is 37.9 Å². The van der Waals surface area contributed by atoms with Crippen LogP contribution in [-0.2, 0) is 38.4 Å². The number of hydrogen-bond donors (Lipinski definition) is 0. The van der Waals surface area contributed by atoms with Gasteiger partial charge in [0.05, 0.1) is 51.4 Å². The first-order valence-corrected chi connectivity index (χ1v) is 34.1. The van der Waals surface area contributed by atoms with Crippen LogP contribution in [0.3, 0.4) is 0 Å². The number of halogens is 8. The predicted octanol–water partition coefficient (Wildman–Crippen LogP) is 14.1. The quantitative estimate of drug-likeness (QED) is 0.0363. The molecule has 432 valence electrons. The first-order chi connectivity index (χ1) is 38.2. The van der Waals surface area contributed by atoms with Gasteiger partial charge >= 0.3 is 47.8 Å². The Morgan fingerprint density at radius 3 is 0.463 bits per heavy atom. The Hall–Kier alpha value is -3.52. The molecule has 1 aliphatic carbocycles. The molecule has 0 unspecified atom stereocenters. The maximum Gasteiger partial charge on any atom is 0.312 e. The molecule has 0 atom stereocenters. The summed E-state index contributed by atoms with van der Waals surface area (Å²) in [5.74, 6) is -8.95. The number of benzene rings is 4. The van der Waals surface area contributed by atoms with E-state index in [2.05, 4.69) is 127 Å². The number of fused-ring (bicyclic) bond motifs is 8. The maximum absolute atomic E-state index is 13.6. The van der Waals surface area contributed by atoms with Crippen LogP contribution in [0.25, 0.3) is 0 Å². The van der Waals surface area contributed by atoms with Gasteiger partial charge in [0.1, 0.15) is 46.0 Å². The minimum absolute atomic E-state index is 0.0228. The minimum Gasteiger partial charge on any atom is -0.426 e. The van der Waals surface area contributed by atoms with Gasteiger partial charge in [-0.15, -0.1) is 0 Å². The van der Waals surface area contributed by atoms with Gasteiger partial charge in [-0.3, -0.25) is 38.4 Å². The second kappa shape index (κ2) is 33.1. The third-order valence-electron chi connectivity index (χ3n) is 12.5. The Balaban J connectivity index is 2.13. The van der Waals surface area contributed by atoms with Crippen molar-refractivity contribution in [2.24, 2.45) is 0 Å². The van der Waals surface area contributed by atoms with Crippen LogP contribution < -0.4 is 37.9 Å². The Morgan fingerprint density at radius 1 is 0.250 bits per heavy atom. The Bertz CT molecular complexity index is 2390. The van der Waals surface area contributed by atoms with Gasteiger partial charge in [-0.2, -0.15) is 0 Å². The van der Waals surface area contributed by atoms with E-state index in [-0.39, 0.29) is 140 Å². The number of hydrogen-bond acceptors (Lipinski definition) is 16. The summed E-state index contributed by atoms with van der Waals surface area (Å²) in [6.07, 6.45) is -0.509. The zero-order chi connectivity index (χ0) is 58.8. The molecular formula is C56H56Br8O16. The van der Waals surface area contributed by atoms with Crippen LogP contribution in [0, 0.1) is 0 Å². The van der Waals surface area contributed by atoms with E-state index in [0.29, 0.717) is 44.5 Å². The van der Waals surface area contributed by atoms with Crippen LogP contribution in [0.15, 0.2) is 48.5 Å². The van der Waals surface area contributed by atoms with Crippen molar-refractivity contribution < 1.29 is 76.3 Å². The fourth-order valence-electron chi connectivity index (χ4n) is 8.47. The molecule has 4 aromatic rings. The number of esters is 8. The highest BCUT2D eigenvalue weighted by molar-refractivity contribution is 9.10. The number of alkyl halides is 8. The van der Waals surface area contributed by atoms with Crippen molar-refractivity contribution in [3.63, 3.8) is 0 Å². The van der Waals surface area contributed by atoms with Crippen molar-refractivity contribution in [3.8, 4) is 46.0 Å². The fraction of sp³-hybridized carbons (Fsp3) is 0.429. The van der Waals surface area contributed by atoms with Crippen LogP contribution in [0.5, 0.6) is 46.0 Å². The predicted molar refractivity (Wildman–Crippen MR) is 328 cm³/mol. The van der Waals surface area contributed by atoms with Gasteiger partial charge in [-0.1, -0.05) is 155 Å². The lowest BCUT2D eigenvalue weighted by atomic mass is 9.80. The van der Waals surface area contributed by atoms with Crippen molar-refractivity contribution >= 4 is 175 Å². The van der Waals surface area contributed by atoms with Crippen molar-refractivity contribution in [1.82, 2.24) is 0 Å². The maximum atomic E-state index is 13.6. The molecule has 0 heterocycles. The lowest BCUT2D eigenvalue weighted by Gasteiger charge is -2.29. The van der Waals surface area contributed by atoms with E-state index in [9.17, 15) is 38.4 Å². The lowest BCUT2D eigenvalue weighted by molar-refractivity contribution is -0.135. The molecule has 0 spiro atoms. The fourth-order valence-corrected chi connectivity index (χ4v) is 11.1. The second-order valence-electron chi connectivity index (χ2n) is 17.9. The zero-order valence-electron chi connectivity index (χ0n) is 43.8. The zero-order valence-corrected chi connectivity index (χ0v) is 56.5. The molecule has 0 saturated heterocycles. The normalized spacial score (nSPS) is 15.4. The summed E-state index contributed by atoms with van der Waals surface area (Å²) in [5, 5.41) is 1.98. The summed E-state index contributed by atoms with van der Waals surface area (Å²) >= 11 is 26.6. The van der Waals surface area contributed by atoms with Crippen LogP contribution >= 0.6 is 127 Å². The van der Waals surface area contributed by atoms with Gasteiger partial charge in [-0.25, -0.2) is 0 Å². The minimum atomic E-state index is -0.899. The summed E-state index contributed by atoms with van der Waals surface area (Å²) in [6, 6.07) is 12.5. The summed E-state index contributed by atoms with van der Waals surface area (Å²) in [7, 11) is 0. The van der Waals surface area contributed by atoms with E-state index in [4.69, 9.17) is 37.9 Å².